The summed E-state index contributed by atoms with van der Waals surface area (Å²) in [4.78, 5) is 11.3. The van der Waals surface area contributed by atoms with Crippen LogP contribution in [-0.2, 0) is 0 Å². The van der Waals surface area contributed by atoms with Gasteiger partial charge in [0, 0.05) is 5.56 Å². The lowest BCUT2D eigenvalue weighted by Crippen LogP contribution is -2.05. The largest absolute Gasteiger partial charge is 0.298 e. The van der Waals surface area contributed by atoms with Gasteiger partial charge in [0.25, 0.3) is 0 Å². The van der Waals surface area contributed by atoms with Crippen LogP contribution in [0.15, 0.2) is 12.1 Å². The van der Waals surface area contributed by atoms with Gasteiger partial charge in [-0.2, -0.15) is 0 Å². The van der Waals surface area contributed by atoms with Gasteiger partial charge in [-0.1, -0.05) is 53.7 Å². The number of carbonyl (C=O) groups is 1. The molecule has 0 aliphatic rings. The normalized spacial score (nSPS) is 11.6. The van der Waals surface area contributed by atoms with Crippen molar-refractivity contribution >= 4 is 6.29 Å². The Hall–Kier alpha value is -1.11. The van der Waals surface area contributed by atoms with Gasteiger partial charge in [-0.15, -0.1) is 0 Å². The fourth-order valence-corrected chi connectivity index (χ4v) is 2.15. The van der Waals surface area contributed by atoms with Gasteiger partial charge in [-0.25, -0.2) is 0 Å². The molecule has 0 spiro atoms. The first-order valence-electron chi connectivity index (χ1n) is 6.51. The van der Waals surface area contributed by atoms with E-state index in [4.69, 9.17) is 0 Å². The molecule has 0 bridgehead atoms. The molecule has 1 rings (SSSR count). The monoisotopic (exact) mass is 232 g/mol. The Morgan fingerprint density at radius 3 is 1.47 bits per heavy atom. The van der Waals surface area contributed by atoms with Crippen LogP contribution in [0.1, 0.15) is 86.3 Å². The van der Waals surface area contributed by atoms with E-state index in [1.807, 2.05) is 0 Å². The van der Waals surface area contributed by atoms with E-state index in [-0.39, 0.29) is 0 Å². The van der Waals surface area contributed by atoms with Gasteiger partial charge in [-0.3, -0.25) is 4.79 Å². The summed E-state index contributed by atoms with van der Waals surface area (Å²) in [5, 5.41) is 0. The first-order valence-corrected chi connectivity index (χ1v) is 6.51. The number of benzene rings is 1. The molecular weight excluding hydrogens is 208 g/mol. The molecular formula is C16H24O. The van der Waals surface area contributed by atoms with Gasteiger partial charge >= 0.3 is 0 Å². The minimum atomic E-state index is 0.395. The quantitative estimate of drug-likeness (QED) is 0.677. The van der Waals surface area contributed by atoms with Crippen molar-refractivity contribution in [2.45, 2.75) is 59.3 Å². The van der Waals surface area contributed by atoms with Crippen molar-refractivity contribution in [3.63, 3.8) is 0 Å². The van der Waals surface area contributed by atoms with E-state index in [0.717, 1.165) is 11.8 Å². The SMILES string of the molecule is CC(C)c1cc(C(C)C)c(C=O)c(C(C)C)c1. The summed E-state index contributed by atoms with van der Waals surface area (Å²) in [6.45, 7) is 13.0. The average molecular weight is 232 g/mol. The zero-order chi connectivity index (χ0) is 13.2. The fourth-order valence-electron chi connectivity index (χ4n) is 2.15. The van der Waals surface area contributed by atoms with Crippen molar-refractivity contribution < 1.29 is 4.79 Å². The predicted octanol–water partition coefficient (Wildman–Crippen LogP) is 4.87. The molecule has 0 saturated heterocycles. The molecule has 0 heterocycles. The van der Waals surface area contributed by atoms with Crippen molar-refractivity contribution in [3.8, 4) is 0 Å². The lowest BCUT2D eigenvalue weighted by Gasteiger charge is -2.19. The van der Waals surface area contributed by atoms with Gasteiger partial charge in [0.2, 0.25) is 0 Å². The fraction of sp³-hybridized carbons (Fsp3) is 0.562. The van der Waals surface area contributed by atoms with Gasteiger partial charge in [0.1, 0.15) is 0 Å². The molecule has 1 heteroatoms. The second-order valence-corrected chi connectivity index (χ2v) is 5.69. The van der Waals surface area contributed by atoms with Crippen molar-refractivity contribution in [3.05, 3.63) is 34.4 Å². The molecule has 0 aromatic heterocycles. The minimum absolute atomic E-state index is 0.395. The Bertz CT molecular complexity index is 371. The first-order chi connectivity index (χ1) is 7.88. The lowest BCUT2D eigenvalue weighted by atomic mass is 9.85. The third-order valence-corrected chi connectivity index (χ3v) is 3.29. The molecule has 94 valence electrons. The van der Waals surface area contributed by atoms with Gasteiger partial charge in [0.05, 0.1) is 0 Å². The van der Waals surface area contributed by atoms with Crippen molar-refractivity contribution in [2.75, 3.05) is 0 Å². The van der Waals surface area contributed by atoms with E-state index < -0.39 is 0 Å². The third-order valence-electron chi connectivity index (χ3n) is 3.29. The van der Waals surface area contributed by atoms with E-state index in [1.165, 1.54) is 16.7 Å². The zero-order valence-electron chi connectivity index (χ0n) is 11.9. The molecule has 0 N–H and O–H groups in total. The van der Waals surface area contributed by atoms with E-state index in [0.29, 0.717) is 17.8 Å². The van der Waals surface area contributed by atoms with Crippen LogP contribution in [0.5, 0.6) is 0 Å². The molecule has 0 aliphatic heterocycles. The summed E-state index contributed by atoms with van der Waals surface area (Å²) in [7, 11) is 0. The van der Waals surface area contributed by atoms with Gasteiger partial charge in [-0.05, 0) is 34.4 Å². The maximum Gasteiger partial charge on any atom is 0.150 e. The molecule has 0 fully saturated rings. The summed E-state index contributed by atoms with van der Waals surface area (Å²) in [6.07, 6.45) is 1.02. The second-order valence-electron chi connectivity index (χ2n) is 5.69. The van der Waals surface area contributed by atoms with Crippen molar-refractivity contribution in [1.29, 1.82) is 0 Å². The summed E-state index contributed by atoms with van der Waals surface area (Å²) in [5.74, 6) is 1.29. The lowest BCUT2D eigenvalue weighted by molar-refractivity contribution is 0.112. The highest BCUT2D eigenvalue weighted by atomic mass is 16.1. The molecule has 0 aliphatic carbocycles. The van der Waals surface area contributed by atoms with E-state index in [1.54, 1.807) is 0 Å². The summed E-state index contributed by atoms with van der Waals surface area (Å²) in [5.41, 5.74) is 4.62. The van der Waals surface area contributed by atoms with E-state index in [2.05, 4.69) is 53.7 Å². The Kier molecular flexibility index (Phi) is 4.50. The highest BCUT2D eigenvalue weighted by molar-refractivity contribution is 5.81. The topological polar surface area (TPSA) is 17.1 Å². The van der Waals surface area contributed by atoms with Gasteiger partial charge < -0.3 is 0 Å². The van der Waals surface area contributed by atoms with Crippen LogP contribution >= 0.6 is 0 Å². The van der Waals surface area contributed by atoms with Crippen LogP contribution in [-0.4, -0.2) is 6.29 Å². The summed E-state index contributed by atoms with van der Waals surface area (Å²) in [6, 6.07) is 4.40. The van der Waals surface area contributed by atoms with Crippen LogP contribution in [0.2, 0.25) is 0 Å². The third kappa shape index (κ3) is 2.96. The second kappa shape index (κ2) is 5.48. The van der Waals surface area contributed by atoms with Crippen LogP contribution in [0.25, 0.3) is 0 Å². The molecule has 1 aromatic carbocycles. The smallest absolute Gasteiger partial charge is 0.150 e. The van der Waals surface area contributed by atoms with E-state index in [9.17, 15) is 4.79 Å². The van der Waals surface area contributed by atoms with Crippen molar-refractivity contribution in [1.82, 2.24) is 0 Å². The number of hydrogen-bond acceptors (Lipinski definition) is 1. The Morgan fingerprint density at radius 2 is 1.24 bits per heavy atom. The summed E-state index contributed by atoms with van der Waals surface area (Å²) >= 11 is 0. The minimum Gasteiger partial charge on any atom is -0.298 e. The number of rotatable bonds is 4. The molecule has 0 saturated carbocycles. The molecule has 0 radical (unpaired) electrons. The number of aldehydes is 1. The van der Waals surface area contributed by atoms with Gasteiger partial charge in [0.15, 0.2) is 6.29 Å². The molecule has 0 unspecified atom stereocenters. The van der Waals surface area contributed by atoms with Crippen LogP contribution in [0.3, 0.4) is 0 Å². The first kappa shape index (κ1) is 14.0. The molecule has 0 amide bonds. The van der Waals surface area contributed by atoms with Crippen molar-refractivity contribution in [2.24, 2.45) is 0 Å². The Balaban J connectivity index is 3.51. The Labute approximate surface area is 105 Å². The molecule has 0 atom stereocenters. The predicted molar refractivity (Wildman–Crippen MR) is 74.1 cm³/mol. The number of carbonyl (C=O) groups excluding carboxylic acids is 1. The highest BCUT2D eigenvalue weighted by Gasteiger charge is 2.16. The van der Waals surface area contributed by atoms with Crippen LogP contribution in [0, 0.1) is 0 Å². The number of hydrogen-bond donors (Lipinski definition) is 0. The molecule has 1 nitrogen and oxygen atoms in total. The maximum atomic E-state index is 11.3. The summed E-state index contributed by atoms with van der Waals surface area (Å²) < 4.78 is 0. The Morgan fingerprint density at radius 1 is 0.824 bits per heavy atom. The average Bonchev–Trinajstić information content (AvgIpc) is 2.26. The maximum absolute atomic E-state index is 11.3. The van der Waals surface area contributed by atoms with Crippen LogP contribution < -0.4 is 0 Å². The zero-order valence-corrected chi connectivity index (χ0v) is 11.9. The standard InChI is InChI=1S/C16H24O/c1-10(2)13-7-14(11(3)4)16(9-17)15(8-13)12(5)6/h7-12H,1-6H3. The highest BCUT2D eigenvalue weighted by Crippen LogP contribution is 2.30. The molecule has 17 heavy (non-hydrogen) atoms. The van der Waals surface area contributed by atoms with E-state index >= 15 is 0 Å². The van der Waals surface area contributed by atoms with Crippen LogP contribution in [0.4, 0.5) is 0 Å². The molecule has 1 aromatic rings.